The molecule has 19 heavy (non-hydrogen) atoms. The van der Waals surface area contributed by atoms with Crippen molar-refractivity contribution in [1.29, 1.82) is 0 Å². The summed E-state index contributed by atoms with van der Waals surface area (Å²) < 4.78 is 23.5. The van der Waals surface area contributed by atoms with E-state index in [1.807, 2.05) is 0 Å². The maximum absolute atomic E-state index is 13.6. The first kappa shape index (κ1) is 13.1. The Bertz CT molecular complexity index is 621. The van der Waals surface area contributed by atoms with Crippen LogP contribution >= 0.6 is 0 Å². The largest absolute Gasteiger partial charge is 0.494 e. The van der Waals surface area contributed by atoms with Gasteiger partial charge in [-0.1, -0.05) is 6.92 Å². The van der Waals surface area contributed by atoms with Crippen molar-refractivity contribution in [3.05, 3.63) is 35.5 Å². The van der Waals surface area contributed by atoms with Gasteiger partial charge in [0.25, 0.3) is 0 Å². The van der Waals surface area contributed by atoms with Crippen LogP contribution in [0.15, 0.2) is 22.6 Å². The van der Waals surface area contributed by atoms with Crippen LogP contribution in [-0.2, 0) is 6.42 Å². The zero-order valence-corrected chi connectivity index (χ0v) is 10.4. The highest BCUT2D eigenvalue weighted by Crippen LogP contribution is 2.26. The molecule has 100 valence electrons. The highest BCUT2D eigenvalue weighted by Gasteiger charge is 2.19. The van der Waals surface area contributed by atoms with E-state index in [1.54, 1.807) is 13.0 Å². The summed E-state index contributed by atoms with van der Waals surface area (Å²) in [4.78, 5) is 15.0. The average Bonchev–Trinajstić information content (AvgIpc) is 2.83. The second-order valence-electron chi connectivity index (χ2n) is 3.80. The zero-order valence-electron chi connectivity index (χ0n) is 10.4. The quantitative estimate of drug-likeness (QED) is 0.920. The number of carbonyl (C=O) groups is 1. The van der Waals surface area contributed by atoms with Gasteiger partial charge in [-0.15, -0.1) is 0 Å². The molecule has 2 aromatic rings. The molecule has 0 bridgehead atoms. The first-order valence-corrected chi connectivity index (χ1v) is 5.63. The van der Waals surface area contributed by atoms with Crippen molar-refractivity contribution in [3.63, 3.8) is 0 Å². The average molecular weight is 265 g/mol. The molecular weight excluding hydrogens is 253 g/mol. The van der Waals surface area contributed by atoms with Crippen molar-refractivity contribution in [1.82, 2.24) is 4.98 Å². The van der Waals surface area contributed by atoms with Crippen LogP contribution in [-0.4, -0.2) is 23.2 Å². The normalized spacial score (nSPS) is 10.5. The Morgan fingerprint density at radius 2 is 2.26 bits per heavy atom. The Morgan fingerprint density at radius 1 is 1.53 bits per heavy atom. The third-order valence-corrected chi connectivity index (χ3v) is 2.63. The minimum absolute atomic E-state index is 0.0794. The number of carboxylic acid groups (broad SMARTS) is 1. The third kappa shape index (κ3) is 2.42. The number of rotatable bonds is 4. The molecule has 0 atom stereocenters. The van der Waals surface area contributed by atoms with Gasteiger partial charge < -0.3 is 14.3 Å². The molecule has 0 saturated heterocycles. The topological polar surface area (TPSA) is 72.6 Å². The Balaban J connectivity index is 2.47. The van der Waals surface area contributed by atoms with E-state index in [2.05, 4.69) is 4.98 Å². The maximum Gasteiger partial charge on any atom is 0.373 e. The lowest BCUT2D eigenvalue weighted by Crippen LogP contribution is -1.98. The number of halogens is 1. The molecule has 0 fully saturated rings. The number of aromatic carboxylic acids is 1. The van der Waals surface area contributed by atoms with Crippen LogP contribution in [0, 0.1) is 5.82 Å². The van der Waals surface area contributed by atoms with Crippen molar-refractivity contribution < 1.29 is 23.4 Å². The van der Waals surface area contributed by atoms with Crippen molar-refractivity contribution in [2.24, 2.45) is 0 Å². The Morgan fingerprint density at radius 3 is 2.74 bits per heavy atom. The van der Waals surface area contributed by atoms with Gasteiger partial charge in [-0.3, -0.25) is 0 Å². The number of aryl methyl sites for hydroxylation is 1. The molecule has 1 aromatic carbocycles. The number of methoxy groups -OCH3 is 1. The molecule has 1 N–H and O–H groups in total. The molecule has 0 unspecified atom stereocenters. The monoisotopic (exact) mass is 265 g/mol. The van der Waals surface area contributed by atoms with E-state index >= 15 is 0 Å². The lowest BCUT2D eigenvalue weighted by Gasteiger charge is -2.02. The van der Waals surface area contributed by atoms with E-state index in [4.69, 9.17) is 14.3 Å². The number of carboxylic acids is 1. The Hall–Kier alpha value is -2.37. The highest BCUT2D eigenvalue weighted by atomic mass is 19.1. The molecule has 5 nitrogen and oxygen atoms in total. The smallest absolute Gasteiger partial charge is 0.373 e. The number of nitrogens with zero attached hydrogens (tertiary/aromatic N) is 1. The first-order valence-electron chi connectivity index (χ1n) is 5.63. The number of ether oxygens (including phenoxy) is 1. The Kier molecular flexibility index (Phi) is 3.50. The SMILES string of the molecule is CCc1nc(-c2ccc(OC)c(F)c2)oc1C(=O)O. The van der Waals surface area contributed by atoms with Crippen molar-refractivity contribution in [2.75, 3.05) is 7.11 Å². The second kappa shape index (κ2) is 5.09. The summed E-state index contributed by atoms with van der Waals surface area (Å²) in [6.07, 6.45) is 0.420. The van der Waals surface area contributed by atoms with Gasteiger partial charge in [0.1, 0.15) is 0 Å². The number of hydrogen-bond donors (Lipinski definition) is 1. The summed E-state index contributed by atoms with van der Waals surface area (Å²) in [5.41, 5.74) is 0.694. The summed E-state index contributed by atoms with van der Waals surface area (Å²) in [6.45, 7) is 1.77. The van der Waals surface area contributed by atoms with Gasteiger partial charge in [0.2, 0.25) is 11.7 Å². The van der Waals surface area contributed by atoms with Gasteiger partial charge in [0, 0.05) is 5.56 Å². The van der Waals surface area contributed by atoms with Gasteiger partial charge in [-0.2, -0.15) is 0 Å². The van der Waals surface area contributed by atoms with Crippen LogP contribution < -0.4 is 4.74 Å². The second-order valence-corrected chi connectivity index (χ2v) is 3.80. The lowest BCUT2D eigenvalue weighted by atomic mass is 10.2. The van der Waals surface area contributed by atoms with E-state index in [-0.39, 0.29) is 17.4 Å². The summed E-state index contributed by atoms with van der Waals surface area (Å²) in [5.74, 6) is -1.79. The van der Waals surface area contributed by atoms with Crippen molar-refractivity contribution >= 4 is 5.97 Å². The fourth-order valence-electron chi connectivity index (χ4n) is 1.68. The summed E-state index contributed by atoms with van der Waals surface area (Å²) in [6, 6.07) is 4.18. The maximum atomic E-state index is 13.6. The molecule has 0 saturated carbocycles. The third-order valence-electron chi connectivity index (χ3n) is 2.63. The minimum atomic E-state index is -1.19. The van der Waals surface area contributed by atoms with Crippen LogP contribution in [0.5, 0.6) is 5.75 Å². The minimum Gasteiger partial charge on any atom is -0.494 e. The zero-order chi connectivity index (χ0) is 14.0. The van der Waals surface area contributed by atoms with Crippen LogP contribution in [0.2, 0.25) is 0 Å². The van der Waals surface area contributed by atoms with Gasteiger partial charge in [0.15, 0.2) is 11.6 Å². The first-order chi connectivity index (χ1) is 9.06. The Labute approximate surface area is 108 Å². The van der Waals surface area contributed by atoms with E-state index in [9.17, 15) is 9.18 Å². The van der Waals surface area contributed by atoms with Crippen LogP contribution in [0.4, 0.5) is 4.39 Å². The number of benzene rings is 1. The fourth-order valence-corrected chi connectivity index (χ4v) is 1.68. The van der Waals surface area contributed by atoms with E-state index in [1.165, 1.54) is 19.2 Å². The van der Waals surface area contributed by atoms with Gasteiger partial charge >= 0.3 is 5.97 Å². The van der Waals surface area contributed by atoms with Crippen LogP contribution in [0.1, 0.15) is 23.2 Å². The fraction of sp³-hybridized carbons (Fsp3) is 0.231. The molecule has 2 rings (SSSR count). The molecule has 6 heteroatoms. The van der Waals surface area contributed by atoms with E-state index in [0.29, 0.717) is 17.7 Å². The molecule has 0 radical (unpaired) electrons. The molecule has 1 heterocycles. The molecule has 0 aliphatic heterocycles. The molecule has 1 aromatic heterocycles. The van der Waals surface area contributed by atoms with Crippen LogP contribution in [0.25, 0.3) is 11.5 Å². The van der Waals surface area contributed by atoms with Crippen molar-refractivity contribution in [2.45, 2.75) is 13.3 Å². The summed E-state index contributed by atoms with van der Waals surface area (Å²) >= 11 is 0. The molecule has 0 aliphatic carbocycles. The van der Waals surface area contributed by atoms with Gasteiger partial charge in [-0.05, 0) is 24.6 Å². The van der Waals surface area contributed by atoms with E-state index in [0.717, 1.165) is 0 Å². The van der Waals surface area contributed by atoms with Gasteiger partial charge in [-0.25, -0.2) is 14.2 Å². The number of aromatic nitrogens is 1. The molecular formula is C13H12FNO4. The lowest BCUT2D eigenvalue weighted by molar-refractivity contribution is 0.0662. The standard InChI is InChI=1S/C13H12FNO4/c1-3-9-11(13(16)17)19-12(15-9)7-4-5-10(18-2)8(14)6-7/h4-6H,3H2,1-2H3,(H,16,17). The molecule has 0 aliphatic rings. The summed E-state index contributed by atoms with van der Waals surface area (Å²) in [7, 11) is 1.36. The molecule has 0 amide bonds. The predicted octanol–water partition coefficient (Wildman–Crippen LogP) is 2.75. The van der Waals surface area contributed by atoms with Crippen LogP contribution in [0.3, 0.4) is 0 Å². The van der Waals surface area contributed by atoms with Gasteiger partial charge in [0.05, 0.1) is 12.8 Å². The predicted molar refractivity (Wildman–Crippen MR) is 64.8 cm³/mol. The number of oxazole rings is 1. The number of hydrogen-bond acceptors (Lipinski definition) is 4. The highest BCUT2D eigenvalue weighted by molar-refractivity contribution is 5.86. The van der Waals surface area contributed by atoms with Crippen molar-refractivity contribution in [3.8, 4) is 17.2 Å². The summed E-state index contributed by atoms with van der Waals surface area (Å²) in [5, 5.41) is 8.97. The molecule has 0 spiro atoms. The van der Waals surface area contributed by atoms with E-state index < -0.39 is 11.8 Å².